The largest absolute Gasteiger partial charge is 0.472 e. The first-order valence-electron chi connectivity index (χ1n) is 30.0. The van der Waals surface area contributed by atoms with Gasteiger partial charge in [0, 0.05) is 19.4 Å². The molecule has 0 radical (unpaired) electrons. The smallest absolute Gasteiger partial charge is 0.462 e. The summed E-state index contributed by atoms with van der Waals surface area (Å²) < 4.78 is 32.9. The van der Waals surface area contributed by atoms with Crippen molar-refractivity contribution in [3.05, 3.63) is 158 Å². The number of hydrogen-bond donors (Lipinski definition) is 2. The molecule has 0 aliphatic rings. The second kappa shape index (κ2) is 60.9. The molecule has 2 atom stereocenters. The van der Waals surface area contributed by atoms with Gasteiger partial charge in [-0.2, -0.15) is 0 Å². The fourth-order valence-corrected chi connectivity index (χ4v) is 8.26. The Hall–Kier alpha value is -4.37. The molecular formula is C67H108NO8P. The lowest BCUT2D eigenvalue weighted by molar-refractivity contribution is -0.161. The number of nitrogens with two attached hydrogens (primary N) is 1. The van der Waals surface area contributed by atoms with Crippen LogP contribution in [0.5, 0.6) is 0 Å². The number of carbonyl (C=O) groups is 2. The summed E-state index contributed by atoms with van der Waals surface area (Å²) in [5.41, 5.74) is 5.37. The lowest BCUT2D eigenvalue weighted by Gasteiger charge is -2.19. The Morgan fingerprint density at radius 2 is 0.714 bits per heavy atom. The number of allylic oxidation sites excluding steroid dienone is 26. The van der Waals surface area contributed by atoms with Crippen LogP contribution in [0.25, 0.3) is 0 Å². The van der Waals surface area contributed by atoms with E-state index >= 15 is 0 Å². The van der Waals surface area contributed by atoms with Gasteiger partial charge in [-0.25, -0.2) is 4.57 Å². The number of phosphoric ester groups is 1. The second-order valence-corrected chi connectivity index (χ2v) is 20.6. The summed E-state index contributed by atoms with van der Waals surface area (Å²) in [5.74, 6) is -0.868. The van der Waals surface area contributed by atoms with Crippen molar-refractivity contribution in [3.63, 3.8) is 0 Å². The maximum absolute atomic E-state index is 12.7. The molecule has 9 nitrogen and oxygen atoms in total. The van der Waals surface area contributed by atoms with Crippen LogP contribution < -0.4 is 5.73 Å². The predicted molar refractivity (Wildman–Crippen MR) is 330 cm³/mol. The maximum Gasteiger partial charge on any atom is 0.472 e. The number of unbranched alkanes of at least 4 members (excludes halogenated alkanes) is 15. The van der Waals surface area contributed by atoms with Crippen LogP contribution >= 0.6 is 7.82 Å². The molecular weight excluding hydrogens is 978 g/mol. The highest BCUT2D eigenvalue weighted by Gasteiger charge is 2.26. The molecule has 0 bridgehead atoms. The van der Waals surface area contributed by atoms with E-state index in [1.54, 1.807) is 0 Å². The standard InChI is InChI=1S/C67H108NO8P/c1-3-5-7-9-11-13-15-17-19-20-21-22-23-24-25-26-27-28-29-30-31-32-33-34-35-36-37-38-39-40-41-42-43-44-46-48-50-52-54-56-58-60-67(70)76-65(64-75-77(71,72)74-62-61-68)63-73-66(69)59-57-55-53-51-49-47-45-18-16-14-12-10-8-6-4-2/h5,7,11-14,17-19,21-22,24-25,27-28,30-31,33-34,36-37,39-40,42-43,45,65H,3-4,6,8-10,15-16,20,23,26,29,32,35,38,41,44,46-64,68H2,1-2H3,(H,71,72)/b7-5-,13-11-,14-12-,19-17-,22-21-,25-24-,28-27-,31-30-,34-33-,37-36-,40-39-,43-42-,45-18-. The Labute approximate surface area is 470 Å². The molecule has 0 aromatic carbocycles. The molecule has 0 aliphatic carbocycles. The van der Waals surface area contributed by atoms with Crippen molar-refractivity contribution in [2.45, 2.75) is 225 Å². The summed E-state index contributed by atoms with van der Waals surface area (Å²) in [6.45, 7) is 3.55. The zero-order valence-electron chi connectivity index (χ0n) is 48.4. The van der Waals surface area contributed by atoms with Crippen molar-refractivity contribution in [1.29, 1.82) is 0 Å². The Morgan fingerprint density at radius 3 is 1.06 bits per heavy atom. The van der Waals surface area contributed by atoms with E-state index in [1.165, 1.54) is 38.5 Å². The van der Waals surface area contributed by atoms with E-state index in [9.17, 15) is 19.0 Å². The highest BCUT2D eigenvalue weighted by molar-refractivity contribution is 7.47. The van der Waals surface area contributed by atoms with E-state index in [2.05, 4.69) is 172 Å². The van der Waals surface area contributed by atoms with Gasteiger partial charge in [0.15, 0.2) is 6.10 Å². The topological polar surface area (TPSA) is 134 Å². The fraction of sp³-hybridized carbons (Fsp3) is 0.582. The molecule has 0 aromatic heterocycles. The van der Waals surface area contributed by atoms with Crippen molar-refractivity contribution in [3.8, 4) is 0 Å². The SMILES string of the molecule is CC/C=C\C/C=C\C/C=C\C/C=C\C/C=C\C/C=C\C/C=C\C/C=C\C/C=C\C/C=C\C/C=C\CCCCCCCCCC(=O)OC(COC(=O)CCCCCCC/C=C\C/C=C\CCCCC)COP(=O)(O)OCCN. The molecule has 0 spiro atoms. The second-order valence-electron chi connectivity index (χ2n) is 19.1. The van der Waals surface area contributed by atoms with Crippen LogP contribution in [0, 0.1) is 0 Å². The molecule has 0 fully saturated rings. The molecule has 0 aromatic rings. The molecule has 77 heavy (non-hydrogen) atoms. The van der Waals surface area contributed by atoms with Gasteiger partial charge in [-0.1, -0.05) is 236 Å². The number of rotatable bonds is 54. The van der Waals surface area contributed by atoms with Crippen molar-refractivity contribution in [1.82, 2.24) is 0 Å². The fourth-order valence-electron chi connectivity index (χ4n) is 7.49. The normalized spacial score (nSPS) is 14.2. The first-order valence-corrected chi connectivity index (χ1v) is 31.5. The Bertz CT molecular complexity index is 1810. The summed E-state index contributed by atoms with van der Waals surface area (Å²) >= 11 is 0. The van der Waals surface area contributed by atoms with Crippen LogP contribution in [0.1, 0.15) is 219 Å². The molecule has 0 amide bonds. The van der Waals surface area contributed by atoms with Crippen LogP contribution in [0.2, 0.25) is 0 Å². The van der Waals surface area contributed by atoms with Gasteiger partial charge in [0.05, 0.1) is 13.2 Å². The minimum Gasteiger partial charge on any atom is -0.462 e. The van der Waals surface area contributed by atoms with E-state index < -0.39 is 32.5 Å². The van der Waals surface area contributed by atoms with Crippen molar-refractivity contribution in [2.75, 3.05) is 26.4 Å². The monoisotopic (exact) mass is 1090 g/mol. The van der Waals surface area contributed by atoms with Crippen LogP contribution in [-0.4, -0.2) is 49.3 Å². The van der Waals surface area contributed by atoms with E-state index in [-0.39, 0.29) is 32.6 Å². The summed E-state index contributed by atoms with van der Waals surface area (Å²) in [4.78, 5) is 35.1. The van der Waals surface area contributed by atoms with Crippen LogP contribution in [-0.2, 0) is 32.7 Å². The quantitative estimate of drug-likeness (QED) is 0.0264. The first-order chi connectivity index (χ1) is 37.8. The predicted octanol–water partition coefficient (Wildman–Crippen LogP) is 19.3. The van der Waals surface area contributed by atoms with E-state index in [4.69, 9.17) is 24.3 Å². The van der Waals surface area contributed by atoms with Gasteiger partial charge >= 0.3 is 19.8 Å². The van der Waals surface area contributed by atoms with E-state index in [1.807, 2.05) is 0 Å². The molecule has 0 heterocycles. The van der Waals surface area contributed by atoms with Crippen LogP contribution in [0.3, 0.4) is 0 Å². The van der Waals surface area contributed by atoms with Gasteiger partial charge in [0.1, 0.15) is 6.61 Å². The molecule has 0 saturated heterocycles. The zero-order chi connectivity index (χ0) is 55.9. The Morgan fingerprint density at radius 1 is 0.403 bits per heavy atom. The third-order valence-corrected chi connectivity index (χ3v) is 12.9. The molecule has 0 aliphatic heterocycles. The molecule has 2 unspecified atom stereocenters. The average Bonchev–Trinajstić information content (AvgIpc) is 3.42. The maximum atomic E-state index is 12.7. The zero-order valence-corrected chi connectivity index (χ0v) is 49.3. The number of hydrogen-bond acceptors (Lipinski definition) is 8. The van der Waals surface area contributed by atoms with Gasteiger partial charge in [-0.15, -0.1) is 0 Å². The number of ether oxygens (including phenoxy) is 2. The summed E-state index contributed by atoms with van der Waals surface area (Å²) in [6, 6.07) is 0. The third kappa shape index (κ3) is 60.7. The lowest BCUT2D eigenvalue weighted by atomic mass is 10.1. The third-order valence-electron chi connectivity index (χ3n) is 11.9. The number of carbonyl (C=O) groups excluding carboxylic acids is 2. The van der Waals surface area contributed by atoms with Gasteiger partial charge in [-0.3, -0.25) is 18.6 Å². The summed E-state index contributed by atoms with van der Waals surface area (Å²) in [6.07, 6.45) is 88.8. The van der Waals surface area contributed by atoms with Crippen molar-refractivity contribution >= 4 is 19.8 Å². The van der Waals surface area contributed by atoms with Gasteiger partial charge in [-0.05, 0) is 128 Å². The highest BCUT2D eigenvalue weighted by Crippen LogP contribution is 2.43. The summed E-state index contributed by atoms with van der Waals surface area (Å²) in [5, 5.41) is 0. The molecule has 3 N–H and O–H groups in total. The van der Waals surface area contributed by atoms with Gasteiger partial charge in [0.2, 0.25) is 0 Å². The Kier molecular flexibility index (Phi) is 57.4. The highest BCUT2D eigenvalue weighted by atomic mass is 31.2. The minimum atomic E-state index is -4.40. The van der Waals surface area contributed by atoms with Crippen molar-refractivity contribution < 1.29 is 37.6 Å². The lowest BCUT2D eigenvalue weighted by Crippen LogP contribution is -2.29. The van der Waals surface area contributed by atoms with E-state index in [0.717, 1.165) is 141 Å². The van der Waals surface area contributed by atoms with Crippen LogP contribution in [0.4, 0.5) is 0 Å². The summed E-state index contributed by atoms with van der Waals surface area (Å²) in [7, 11) is -4.40. The van der Waals surface area contributed by atoms with Crippen LogP contribution in [0.15, 0.2) is 158 Å². The van der Waals surface area contributed by atoms with E-state index in [0.29, 0.717) is 12.8 Å². The minimum absolute atomic E-state index is 0.0415. The van der Waals surface area contributed by atoms with Crippen molar-refractivity contribution in [2.24, 2.45) is 5.73 Å². The molecule has 0 saturated carbocycles. The molecule has 10 heteroatoms. The Balaban J connectivity index is 4.02. The molecule has 434 valence electrons. The number of phosphoric acid groups is 1. The number of esters is 2. The molecule has 0 rings (SSSR count). The first kappa shape index (κ1) is 72.6. The van der Waals surface area contributed by atoms with Gasteiger partial charge in [0.25, 0.3) is 0 Å². The van der Waals surface area contributed by atoms with Gasteiger partial charge < -0.3 is 20.1 Å². The average molecular weight is 1090 g/mol.